The summed E-state index contributed by atoms with van der Waals surface area (Å²) in [6, 6.07) is -0.439. The molecule has 0 aromatic heterocycles. The van der Waals surface area contributed by atoms with Crippen molar-refractivity contribution < 1.29 is 9.90 Å². The van der Waals surface area contributed by atoms with Crippen LogP contribution in [0.15, 0.2) is 4.99 Å². The van der Waals surface area contributed by atoms with Crippen LogP contribution in [0.2, 0.25) is 0 Å². The molecule has 0 aromatic rings. The van der Waals surface area contributed by atoms with E-state index in [0.717, 1.165) is 13.1 Å². The molecule has 1 aliphatic heterocycles. The van der Waals surface area contributed by atoms with Crippen molar-refractivity contribution in [3.63, 3.8) is 0 Å². The summed E-state index contributed by atoms with van der Waals surface area (Å²) in [6.45, 7) is 3.10. The van der Waals surface area contributed by atoms with E-state index in [9.17, 15) is 4.79 Å². The molecule has 0 fully saturated rings. The third-order valence-corrected chi connectivity index (χ3v) is 1.57. The van der Waals surface area contributed by atoms with Gasteiger partial charge in [0, 0.05) is 6.54 Å². The summed E-state index contributed by atoms with van der Waals surface area (Å²) in [5.41, 5.74) is 0. The number of carboxylic acid groups (broad SMARTS) is 1. The average Bonchev–Trinajstić information content (AvgIpc) is 2.36. The third kappa shape index (κ3) is 1.26. The highest BCUT2D eigenvalue weighted by molar-refractivity contribution is 5.76. The van der Waals surface area contributed by atoms with E-state index in [1.165, 1.54) is 0 Å². The first-order valence-corrected chi connectivity index (χ1v) is 3.20. The number of nitrogens with zero attached hydrogens (tertiary/aromatic N) is 2. The molecule has 56 valence electrons. The third-order valence-electron chi connectivity index (χ3n) is 1.57. The highest BCUT2D eigenvalue weighted by Gasteiger charge is 2.19. The highest BCUT2D eigenvalue weighted by Crippen LogP contribution is 2.00. The number of hydrogen-bond donors (Lipinski definition) is 1. The van der Waals surface area contributed by atoms with Crippen LogP contribution in [0.3, 0.4) is 0 Å². The topological polar surface area (TPSA) is 52.9 Å². The van der Waals surface area contributed by atoms with Gasteiger partial charge in [0.1, 0.15) is 6.04 Å². The van der Waals surface area contributed by atoms with Gasteiger partial charge in [-0.2, -0.15) is 0 Å². The van der Waals surface area contributed by atoms with Crippen LogP contribution in [-0.2, 0) is 4.79 Å². The molecule has 1 heterocycles. The molecule has 0 saturated carbocycles. The van der Waals surface area contributed by atoms with Gasteiger partial charge >= 0.3 is 5.97 Å². The molecule has 0 aromatic carbocycles. The second kappa shape index (κ2) is 2.68. The Labute approximate surface area is 59.2 Å². The minimum atomic E-state index is -0.798. The maximum Gasteiger partial charge on any atom is 0.326 e. The minimum Gasteiger partial charge on any atom is -0.480 e. The van der Waals surface area contributed by atoms with Gasteiger partial charge < -0.3 is 10.0 Å². The molecule has 0 amide bonds. The van der Waals surface area contributed by atoms with Crippen LogP contribution in [0.1, 0.15) is 6.92 Å². The fraction of sp³-hybridized carbons (Fsp3) is 0.667. The van der Waals surface area contributed by atoms with Crippen molar-refractivity contribution in [2.45, 2.75) is 13.0 Å². The molecular formula is C6H10N2O2. The van der Waals surface area contributed by atoms with Gasteiger partial charge in [0.25, 0.3) is 0 Å². The molecular weight excluding hydrogens is 132 g/mol. The maximum atomic E-state index is 10.4. The minimum absolute atomic E-state index is 0.439. The molecule has 0 bridgehead atoms. The first-order valence-electron chi connectivity index (χ1n) is 3.20. The van der Waals surface area contributed by atoms with Crippen LogP contribution in [0.5, 0.6) is 0 Å². The largest absolute Gasteiger partial charge is 0.480 e. The summed E-state index contributed by atoms with van der Waals surface area (Å²) in [4.78, 5) is 16.0. The summed E-state index contributed by atoms with van der Waals surface area (Å²) in [5, 5.41) is 8.54. The van der Waals surface area contributed by atoms with Crippen LogP contribution in [0.25, 0.3) is 0 Å². The smallest absolute Gasteiger partial charge is 0.326 e. The molecule has 4 heteroatoms. The van der Waals surface area contributed by atoms with E-state index in [2.05, 4.69) is 4.99 Å². The predicted octanol–water partition coefficient (Wildman–Crippen LogP) is -0.197. The van der Waals surface area contributed by atoms with E-state index in [-0.39, 0.29) is 0 Å². The Balaban J connectivity index is 2.48. The number of carbonyl (C=O) groups is 1. The fourth-order valence-corrected chi connectivity index (χ4v) is 0.829. The molecule has 1 aliphatic rings. The Morgan fingerprint density at radius 1 is 1.90 bits per heavy atom. The van der Waals surface area contributed by atoms with Gasteiger partial charge in [0.05, 0.1) is 12.9 Å². The van der Waals surface area contributed by atoms with Gasteiger partial charge in [0.2, 0.25) is 0 Å². The summed E-state index contributed by atoms with van der Waals surface area (Å²) in [6.07, 6.45) is 1.60. The normalized spacial score (nSPS) is 19.5. The number of hydrogen-bond acceptors (Lipinski definition) is 3. The van der Waals surface area contributed by atoms with Crippen molar-refractivity contribution in [1.29, 1.82) is 0 Å². The second-order valence-corrected chi connectivity index (χ2v) is 2.27. The van der Waals surface area contributed by atoms with E-state index in [4.69, 9.17) is 5.11 Å². The van der Waals surface area contributed by atoms with Gasteiger partial charge in [-0.1, -0.05) is 0 Å². The lowest BCUT2D eigenvalue weighted by molar-refractivity contribution is -0.140. The lowest BCUT2D eigenvalue weighted by Gasteiger charge is -2.17. The first kappa shape index (κ1) is 7.05. The number of aliphatic imine (C=N–C) groups is 1. The van der Waals surface area contributed by atoms with Crippen molar-refractivity contribution in [3.05, 3.63) is 0 Å². The van der Waals surface area contributed by atoms with E-state index >= 15 is 0 Å². The van der Waals surface area contributed by atoms with Crippen molar-refractivity contribution in [2.24, 2.45) is 4.99 Å². The monoisotopic (exact) mass is 142 g/mol. The van der Waals surface area contributed by atoms with E-state index in [1.807, 2.05) is 0 Å². The molecule has 4 nitrogen and oxygen atoms in total. The zero-order valence-corrected chi connectivity index (χ0v) is 5.82. The standard InChI is InChI=1S/C6H10N2O2/c1-5(6(9)10)8-3-2-7-4-8/h4-5H,2-3H2,1H3,(H,9,10). The Bertz CT molecular complexity index is 167. The fourth-order valence-electron chi connectivity index (χ4n) is 0.829. The summed E-state index contributed by atoms with van der Waals surface area (Å²) < 4.78 is 0. The van der Waals surface area contributed by atoms with Crippen LogP contribution >= 0.6 is 0 Å². The molecule has 1 atom stereocenters. The van der Waals surface area contributed by atoms with Crippen molar-refractivity contribution >= 4 is 12.3 Å². The van der Waals surface area contributed by atoms with E-state index in [1.54, 1.807) is 18.2 Å². The average molecular weight is 142 g/mol. The van der Waals surface area contributed by atoms with Gasteiger partial charge in [-0.05, 0) is 6.92 Å². The van der Waals surface area contributed by atoms with Crippen LogP contribution in [0, 0.1) is 0 Å². The Kier molecular flexibility index (Phi) is 1.89. The number of aliphatic carboxylic acids is 1. The van der Waals surface area contributed by atoms with Gasteiger partial charge in [0.15, 0.2) is 0 Å². The molecule has 1 unspecified atom stereocenters. The van der Waals surface area contributed by atoms with Gasteiger partial charge in [-0.25, -0.2) is 4.79 Å². The number of rotatable bonds is 2. The second-order valence-electron chi connectivity index (χ2n) is 2.27. The summed E-state index contributed by atoms with van der Waals surface area (Å²) in [7, 11) is 0. The SMILES string of the molecule is CC(C(=O)O)N1C=NCC1. The number of carboxylic acids is 1. The quantitative estimate of drug-likeness (QED) is 0.581. The molecule has 0 spiro atoms. The Hall–Kier alpha value is -1.06. The van der Waals surface area contributed by atoms with Crippen molar-refractivity contribution in [1.82, 2.24) is 4.90 Å². The van der Waals surface area contributed by atoms with E-state index < -0.39 is 12.0 Å². The summed E-state index contributed by atoms with van der Waals surface area (Å²) >= 11 is 0. The highest BCUT2D eigenvalue weighted by atomic mass is 16.4. The molecule has 0 saturated heterocycles. The predicted molar refractivity (Wildman–Crippen MR) is 37.2 cm³/mol. The Morgan fingerprint density at radius 3 is 3.00 bits per heavy atom. The molecule has 0 radical (unpaired) electrons. The Morgan fingerprint density at radius 2 is 2.60 bits per heavy atom. The molecule has 1 N–H and O–H groups in total. The lowest BCUT2D eigenvalue weighted by Crippen LogP contribution is -2.36. The zero-order chi connectivity index (χ0) is 7.56. The first-order chi connectivity index (χ1) is 4.72. The zero-order valence-electron chi connectivity index (χ0n) is 5.82. The molecule has 10 heavy (non-hydrogen) atoms. The van der Waals surface area contributed by atoms with Crippen molar-refractivity contribution in [2.75, 3.05) is 13.1 Å². The van der Waals surface area contributed by atoms with Gasteiger partial charge in [-0.3, -0.25) is 4.99 Å². The lowest BCUT2D eigenvalue weighted by atomic mass is 10.3. The van der Waals surface area contributed by atoms with Crippen LogP contribution in [-0.4, -0.2) is 41.4 Å². The van der Waals surface area contributed by atoms with Crippen LogP contribution in [0.4, 0.5) is 0 Å². The maximum absolute atomic E-state index is 10.4. The van der Waals surface area contributed by atoms with Crippen LogP contribution < -0.4 is 0 Å². The summed E-state index contributed by atoms with van der Waals surface area (Å²) in [5.74, 6) is -0.798. The van der Waals surface area contributed by atoms with Crippen molar-refractivity contribution in [3.8, 4) is 0 Å². The molecule has 1 rings (SSSR count). The van der Waals surface area contributed by atoms with E-state index in [0.29, 0.717) is 0 Å². The van der Waals surface area contributed by atoms with Gasteiger partial charge in [-0.15, -0.1) is 0 Å². The molecule has 0 aliphatic carbocycles.